The van der Waals surface area contributed by atoms with Gasteiger partial charge < -0.3 is 10.1 Å². The van der Waals surface area contributed by atoms with Crippen molar-refractivity contribution in [1.82, 2.24) is 14.8 Å². The highest BCUT2D eigenvalue weighted by molar-refractivity contribution is 7.97. The molecule has 0 unspecified atom stereocenters. The first-order valence-electron chi connectivity index (χ1n) is 11.0. The molecule has 35 heavy (non-hydrogen) atoms. The molecule has 0 radical (unpaired) electrons. The number of hydrogen-bond donors (Lipinski definition) is 1. The standard InChI is InChI=1S/C26H26ClFN4O2S/c1-26(2,3)32-14-18(13-30-32)31-25(33)11-17-10-20(27)24(12-21(17)28)34-23-7-8-29-22-6-5-16(15-35-4)9-19(22)23/h5-10,12-14H,11,15H2,1-4H3,(H,31,33). The molecule has 9 heteroatoms. The van der Waals surface area contributed by atoms with Gasteiger partial charge in [-0.15, -0.1) is 0 Å². The maximum absolute atomic E-state index is 14.9. The highest BCUT2D eigenvalue weighted by atomic mass is 35.5. The van der Waals surface area contributed by atoms with Crippen LogP contribution in [0.5, 0.6) is 11.5 Å². The minimum absolute atomic E-state index is 0.169. The molecular weight excluding hydrogens is 487 g/mol. The average Bonchev–Trinajstić information content (AvgIpc) is 3.27. The number of thioether (sulfide) groups is 1. The number of carbonyl (C=O) groups excluding carboxylic acids is 1. The monoisotopic (exact) mass is 512 g/mol. The van der Waals surface area contributed by atoms with Gasteiger partial charge in [0.15, 0.2) is 0 Å². The molecule has 0 saturated carbocycles. The van der Waals surface area contributed by atoms with Gasteiger partial charge in [-0.05, 0) is 62.4 Å². The molecule has 4 rings (SSSR count). The van der Waals surface area contributed by atoms with Crippen LogP contribution >= 0.6 is 23.4 Å². The normalized spacial score (nSPS) is 11.6. The lowest BCUT2D eigenvalue weighted by molar-refractivity contribution is -0.115. The predicted octanol–water partition coefficient (Wildman–Crippen LogP) is 6.82. The van der Waals surface area contributed by atoms with Crippen molar-refractivity contribution in [1.29, 1.82) is 0 Å². The third-order valence-corrected chi connectivity index (χ3v) is 6.22. The van der Waals surface area contributed by atoms with Gasteiger partial charge in [0.05, 0.1) is 34.4 Å². The quantitative estimate of drug-likeness (QED) is 0.294. The Hall–Kier alpha value is -3.10. The van der Waals surface area contributed by atoms with Gasteiger partial charge in [0.25, 0.3) is 0 Å². The number of benzene rings is 2. The van der Waals surface area contributed by atoms with E-state index in [2.05, 4.69) is 15.4 Å². The van der Waals surface area contributed by atoms with Crippen LogP contribution in [-0.4, -0.2) is 26.9 Å². The molecule has 2 aromatic heterocycles. The predicted molar refractivity (Wildman–Crippen MR) is 140 cm³/mol. The maximum atomic E-state index is 14.9. The van der Waals surface area contributed by atoms with Crippen molar-refractivity contribution in [3.8, 4) is 11.5 Å². The molecule has 2 aromatic carbocycles. The minimum Gasteiger partial charge on any atom is -0.455 e. The first-order chi connectivity index (χ1) is 16.6. The zero-order valence-corrected chi connectivity index (χ0v) is 21.5. The molecule has 0 fully saturated rings. The van der Waals surface area contributed by atoms with E-state index in [1.165, 1.54) is 12.1 Å². The SMILES string of the molecule is CSCc1ccc2nccc(Oc3cc(F)c(CC(=O)Nc4cnn(C(C)(C)C)c4)cc3Cl)c2c1. The highest BCUT2D eigenvalue weighted by Gasteiger charge is 2.17. The molecule has 1 N–H and O–H groups in total. The third-order valence-electron chi connectivity index (χ3n) is 5.30. The fourth-order valence-corrected chi connectivity index (χ4v) is 4.29. The Morgan fingerprint density at radius 2 is 2.00 bits per heavy atom. The number of rotatable bonds is 7. The summed E-state index contributed by atoms with van der Waals surface area (Å²) in [6, 6.07) is 10.3. The highest BCUT2D eigenvalue weighted by Crippen LogP contribution is 2.35. The lowest BCUT2D eigenvalue weighted by atomic mass is 10.1. The number of nitrogens with one attached hydrogen (secondary N) is 1. The van der Waals surface area contributed by atoms with Gasteiger partial charge >= 0.3 is 0 Å². The molecule has 4 aromatic rings. The fraction of sp³-hybridized carbons (Fsp3) is 0.269. The second-order valence-corrected chi connectivity index (χ2v) is 10.4. The number of halogens is 2. The van der Waals surface area contributed by atoms with E-state index in [1.54, 1.807) is 41.1 Å². The van der Waals surface area contributed by atoms with Gasteiger partial charge in [-0.25, -0.2) is 4.39 Å². The molecule has 6 nitrogen and oxygen atoms in total. The number of carbonyl (C=O) groups is 1. The number of anilines is 1. The second-order valence-electron chi connectivity index (χ2n) is 9.14. The van der Waals surface area contributed by atoms with Crippen LogP contribution in [0.3, 0.4) is 0 Å². The summed E-state index contributed by atoms with van der Waals surface area (Å²) in [4.78, 5) is 16.9. The number of nitrogens with zero attached hydrogens (tertiary/aromatic N) is 3. The molecule has 0 atom stereocenters. The molecule has 0 bridgehead atoms. The van der Waals surface area contributed by atoms with E-state index in [1.807, 2.05) is 45.2 Å². The summed E-state index contributed by atoms with van der Waals surface area (Å²) in [5.74, 6) is 0.603. The summed E-state index contributed by atoms with van der Waals surface area (Å²) >= 11 is 8.14. The number of fused-ring (bicyclic) bond motifs is 1. The number of pyridine rings is 1. The van der Waals surface area contributed by atoms with E-state index in [9.17, 15) is 9.18 Å². The Balaban J connectivity index is 1.52. The summed E-state index contributed by atoms with van der Waals surface area (Å²) in [7, 11) is 0. The third kappa shape index (κ3) is 5.94. The average molecular weight is 513 g/mol. The summed E-state index contributed by atoms with van der Waals surface area (Å²) in [6.45, 7) is 6.01. The van der Waals surface area contributed by atoms with Crippen LogP contribution in [0.15, 0.2) is 55.0 Å². The topological polar surface area (TPSA) is 69.0 Å². The zero-order valence-electron chi connectivity index (χ0n) is 19.9. The number of hydrogen-bond acceptors (Lipinski definition) is 5. The van der Waals surface area contributed by atoms with E-state index >= 15 is 0 Å². The Morgan fingerprint density at radius 1 is 1.20 bits per heavy atom. The van der Waals surface area contributed by atoms with Crippen LogP contribution in [0.2, 0.25) is 5.02 Å². The summed E-state index contributed by atoms with van der Waals surface area (Å²) < 4.78 is 22.7. The largest absolute Gasteiger partial charge is 0.455 e. The van der Waals surface area contributed by atoms with Crippen molar-refractivity contribution >= 4 is 45.9 Å². The molecule has 0 aliphatic heterocycles. The Bertz CT molecular complexity index is 1380. The van der Waals surface area contributed by atoms with Gasteiger partial charge in [0, 0.05) is 29.6 Å². The van der Waals surface area contributed by atoms with Crippen LogP contribution in [0.4, 0.5) is 10.1 Å². The van der Waals surface area contributed by atoms with Crippen molar-refractivity contribution in [3.05, 3.63) is 77.0 Å². The maximum Gasteiger partial charge on any atom is 0.228 e. The molecule has 182 valence electrons. The number of ether oxygens (including phenoxy) is 1. The lowest BCUT2D eigenvalue weighted by Crippen LogP contribution is -2.22. The molecule has 1 amide bonds. The van der Waals surface area contributed by atoms with Crippen LogP contribution in [-0.2, 0) is 22.5 Å². The summed E-state index contributed by atoms with van der Waals surface area (Å²) in [6.07, 6.45) is 6.79. The van der Waals surface area contributed by atoms with Gasteiger partial charge in [-0.2, -0.15) is 16.9 Å². The summed E-state index contributed by atoms with van der Waals surface area (Å²) in [5.41, 5.74) is 2.41. The van der Waals surface area contributed by atoms with Gasteiger partial charge in [-0.1, -0.05) is 17.7 Å². The number of aromatic nitrogens is 3. The van der Waals surface area contributed by atoms with E-state index in [0.29, 0.717) is 11.4 Å². The van der Waals surface area contributed by atoms with Crippen molar-refractivity contribution in [3.63, 3.8) is 0 Å². The molecule has 2 heterocycles. The second kappa shape index (κ2) is 10.3. The van der Waals surface area contributed by atoms with E-state index in [0.717, 1.165) is 22.2 Å². The number of amides is 1. The molecule has 0 aliphatic carbocycles. The molecular formula is C26H26ClFN4O2S. The van der Waals surface area contributed by atoms with Crippen molar-refractivity contribution in [2.45, 2.75) is 38.5 Å². The molecule has 0 aliphatic rings. The fourth-order valence-electron chi connectivity index (χ4n) is 3.55. The molecule has 0 saturated heterocycles. The smallest absolute Gasteiger partial charge is 0.228 e. The molecule has 0 spiro atoms. The van der Waals surface area contributed by atoms with Crippen LogP contribution < -0.4 is 10.1 Å². The Morgan fingerprint density at radius 3 is 2.71 bits per heavy atom. The van der Waals surface area contributed by atoms with Gasteiger partial charge in [0.2, 0.25) is 5.91 Å². The Labute approximate surface area is 212 Å². The van der Waals surface area contributed by atoms with E-state index in [-0.39, 0.29) is 34.2 Å². The van der Waals surface area contributed by atoms with Gasteiger partial charge in [0.1, 0.15) is 17.3 Å². The van der Waals surface area contributed by atoms with Crippen LogP contribution in [0.1, 0.15) is 31.9 Å². The first kappa shape index (κ1) is 25.0. The van der Waals surface area contributed by atoms with E-state index < -0.39 is 5.82 Å². The first-order valence-corrected chi connectivity index (χ1v) is 12.8. The lowest BCUT2D eigenvalue weighted by Gasteiger charge is -2.18. The minimum atomic E-state index is -0.577. The summed E-state index contributed by atoms with van der Waals surface area (Å²) in [5, 5.41) is 8.02. The van der Waals surface area contributed by atoms with Crippen molar-refractivity contribution < 1.29 is 13.9 Å². The van der Waals surface area contributed by atoms with Crippen LogP contribution in [0.25, 0.3) is 10.9 Å². The van der Waals surface area contributed by atoms with Crippen molar-refractivity contribution in [2.75, 3.05) is 11.6 Å². The van der Waals surface area contributed by atoms with Crippen molar-refractivity contribution in [2.24, 2.45) is 0 Å². The van der Waals surface area contributed by atoms with Gasteiger partial charge in [-0.3, -0.25) is 14.5 Å². The van der Waals surface area contributed by atoms with Crippen LogP contribution in [0, 0.1) is 5.82 Å². The zero-order chi connectivity index (χ0) is 25.2. The Kier molecular flexibility index (Phi) is 7.33. The van der Waals surface area contributed by atoms with E-state index in [4.69, 9.17) is 16.3 Å².